The Kier molecular flexibility index (Phi) is 8.09. The molecule has 0 aromatic heterocycles. The summed E-state index contributed by atoms with van der Waals surface area (Å²) < 4.78 is -0.0126. The van der Waals surface area contributed by atoms with Crippen molar-refractivity contribution in [3.63, 3.8) is 0 Å². The normalized spacial score (nSPS) is 16.1. The first kappa shape index (κ1) is 28.1. The summed E-state index contributed by atoms with van der Waals surface area (Å²) in [5.41, 5.74) is 8.01. The highest BCUT2D eigenvalue weighted by atomic mass is 32.1. The van der Waals surface area contributed by atoms with E-state index >= 15 is 0 Å². The van der Waals surface area contributed by atoms with Crippen molar-refractivity contribution in [1.82, 2.24) is 4.90 Å². The van der Waals surface area contributed by atoms with Crippen molar-refractivity contribution in [2.24, 2.45) is 0 Å². The van der Waals surface area contributed by atoms with Gasteiger partial charge in [-0.05, 0) is 99.8 Å². The van der Waals surface area contributed by atoms with Gasteiger partial charge in [0, 0.05) is 17.5 Å². The summed E-state index contributed by atoms with van der Waals surface area (Å²) in [5.74, 6) is 0.534. The van der Waals surface area contributed by atoms with Crippen LogP contribution < -0.4 is 0 Å². The number of nitrogens with zero attached hydrogens (tertiary/aromatic N) is 1. The maximum absolute atomic E-state index is 4.44. The SMILES string of the molecule is CC(C)(S)c1ccccc1.CCC1CC=CN2C=CC(=CC2)c2c3ccccc3c(-c3ccccc3)c3ccc1cc23. The number of hydrogen-bond acceptors (Lipinski definition) is 2. The van der Waals surface area contributed by atoms with E-state index in [0.29, 0.717) is 5.92 Å². The summed E-state index contributed by atoms with van der Waals surface area (Å²) in [6.07, 6.45) is 13.7. The molecule has 1 nitrogen and oxygen atoms in total. The van der Waals surface area contributed by atoms with Gasteiger partial charge >= 0.3 is 0 Å². The molecule has 2 heteroatoms. The Bertz CT molecular complexity index is 1790. The Morgan fingerprint density at radius 3 is 2.00 bits per heavy atom. The van der Waals surface area contributed by atoms with Crippen LogP contribution in [0.4, 0.5) is 0 Å². The van der Waals surface area contributed by atoms with E-state index < -0.39 is 0 Å². The fourth-order valence-corrected chi connectivity index (χ4v) is 6.38. The van der Waals surface area contributed by atoms with Crippen molar-refractivity contribution in [3.8, 4) is 11.1 Å². The molecule has 0 fully saturated rings. The molecule has 5 aromatic carbocycles. The topological polar surface area (TPSA) is 3.24 Å². The van der Waals surface area contributed by atoms with Crippen molar-refractivity contribution in [3.05, 3.63) is 150 Å². The maximum Gasteiger partial charge on any atom is 0.0409 e. The van der Waals surface area contributed by atoms with Gasteiger partial charge in [0.05, 0.1) is 0 Å². The smallest absolute Gasteiger partial charge is 0.0409 e. The quantitative estimate of drug-likeness (QED) is 0.168. The summed E-state index contributed by atoms with van der Waals surface area (Å²) in [4.78, 5) is 2.28. The Balaban J connectivity index is 0.000000269. The molecular formula is C40H39NS. The second-order valence-electron chi connectivity index (χ2n) is 11.8. The Hall–Kier alpha value is -4.01. The van der Waals surface area contributed by atoms with E-state index in [-0.39, 0.29) is 4.75 Å². The van der Waals surface area contributed by atoms with Gasteiger partial charge in [-0.25, -0.2) is 0 Å². The molecule has 0 spiro atoms. The van der Waals surface area contributed by atoms with E-state index in [1.54, 1.807) is 0 Å². The van der Waals surface area contributed by atoms with Crippen LogP contribution >= 0.6 is 12.6 Å². The summed E-state index contributed by atoms with van der Waals surface area (Å²) in [6, 6.07) is 37.3. The number of rotatable bonds is 3. The maximum atomic E-state index is 4.44. The van der Waals surface area contributed by atoms with Crippen molar-refractivity contribution < 1.29 is 0 Å². The lowest BCUT2D eigenvalue weighted by Gasteiger charge is -2.24. The molecule has 1 unspecified atom stereocenters. The fourth-order valence-electron chi connectivity index (χ4n) is 6.23. The van der Waals surface area contributed by atoms with Crippen LogP contribution in [0, 0.1) is 0 Å². The molecule has 3 aliphatic heterocycles. The monoisotopic (exact) mass is 565 g/mol. The lowest BCUT2D eigenvalue weighted by Crippen LogP contribution is -2.13. The summed E-state index contributed by atoms with van der Waals surface area (Å²) in [7, 11) is 0. The first-order valence-electron chi connectivity index (χ1n) is 15.1. The van der Waals surface area contributed by atoms with Crippen molar-refractivity contribution in [2.45, 2.75) is 44.3 Å². The number of allylic oxidation sites excluding steroid dienone is 3. The van der Waals surface area contributed by atoms with Crippen LogP contribution in [-0.4, -0.2) is 11.4 Å². The molecule has 0 radical (unpaired) electrons. The molecule has 0 amide bonds. The molecule has 0 aliphatic carbocycles. The highest BCUT2D eigenvalue weighted by molar-refractivity contribution is 7.81. The predicted octanol–water partition coefficient (Wildman–Crippen LogP) is 11.1. The van der Waals surface area contributed by atoms with Crippen LogP contribution in [-0.2, 0) is 4.75 Å². The van der Waals surface area contributed by atoms with E-state index in [4.69, 9.17) is 0 Å². The lowest BCUT2D eigenvalue weighted by atomic mass is 9.83. The first-order valence-corrected chi connectivity index (χ1v) is 15.5. The zero-order valence-electron chi connectivity index (χ0n) is 24.8. The Labute approximate surface area is 256 Å². The fraction of sp³-hybridized carbons (Fsp3) is 0.200. The van der Waals surface area contributed by atoms with Gasteiger partial charge in [-0.1, -0.05) is 122 Å². The van der Waals surface area contributed by atoms with E-state index in [1.165, 1.54) is 54.9 Å². The second kappa shape index (κ2) is 12.1. The van der Waals surface area contributed by atoms with Gasteiger partial charge in [-0.2, -0.15) is 12.6 Å². The molecule has 210 valence electrons. The molecular weight excluding hydrogens is 527 g/mol. The van der Waals surface area contributed by atoms with Crippen LogP contribution in [0.2, 0.25) is 0 Å². The van der Waals surface area contributed by atoms with E-state index in [2.05, 4.69) is 154 Å². The number of thiol groups is 1. The zero-order chi connectivity index (χ0) is 29.1. The molecule has 0 saturated heterocycles. The standard InChI is InChI=1S/C31H27N.C9H12S/c1-2-22-11-8-18-32-19-16-24(17-20-32)31-27-13-7-6-12-26(27)30(23-9-4-3-5-10-23)28-15-14-25(22)21-29(28)31;1-9(2,10)8-6-4-3-5-7-8/h3-10,12-19,21-22H,2,11,20H2,1H3;3-7,10H,1-2H3. The molecule has 3 aliphatic rings. The Morgan fingerprint density at radius 2 is 1.38 bits per heavy atom. The van der Waals surface area contributed by atoms with Gasteiger partial charge in [-0.3, -0.25) is 0 Å². The summed E-state index contributed by atoms with van der Waals surface area (Å²) in [6.45, 7) is 7.39. The molecule has 0 N–H and O–H groups in total. The van der Waals surface area contributed by atoms with Crippen LogP contribution in [0.25, 0.3) is 38.2 Å². The molecule has 1 atom stereocenters. The predicted molar refractivity (Wildman–Crippen MR) is 186 cm³/mol. The van der Waals surface area contributed by atoms with Crippen molar-refractivity contribution in [1.29, 1.82) is 0 Å². The third-order valence-electron chi connectivity index (χ3n) is 8.53. The summed E-state index contributed by atoms with van der Waals surface area (Å²) >= 11 is 4.44. The minimum Gasteiger partial charge on any atom is -0.351 e. The highest BCUT2D eigenvalue weighted by Crippen LogP contribution is 2.44. The average Bonchev–Trinajstić information content (AvgIpc) is 3.02. The van der Waals surface area contributed by atoms with Gasteiger partial charge in [0.25, 0.3) is 0 Å². The molecule has 4 bridgehead atoms. The molecule has 42 heavy (non-hydrogen) atoms. The van der Waals surface area contributed by atoms with Crippen LogP contribution in [0.1, 0.15) is 56.2 Å². The molecule has 0 saturated carbocycles. The van der Waals surface area contributed by atoms with Gasteiger partial charge in [0.15, 0.2) is 0 Å². The van der Waals surface area contributed by atoms with Crippen LogP contribution in [0.15, 0.2) is 134 Å². The van der Waals surface area contributed by atoms with E-state index in [0.717, 1.165) is 19.4 Å². The first-order chi connectivity index (χ1) is 20.4. The largest absolute Gasteiger partial charge is 0.351 e. The van der Waals surface area contributed by atoms with E-state index in [1.807, 2.05) is 18.2 Å². The van der Waals surface area contributed by atoms with Gasteiger partial charge in [-0.15, -0.1) is 0 Å². The van der Waals surface area contributed by atoms with Gasteiger partial charge in [0.2, 0.25) is 0 Å². The van der Waals surface area contributed by atoms with Crippen molar-refractivity contribution >= 4 is 39.7 Å². The number of benzene rings is 5. The molecule has 5 aromatic rings. The highest BCUT2D eigenvalue weighted by Gasteiger charge is 2.20. The van der Waals surface area contributed by atoms with Crippen LogP contribution in [0.5, 0.6) is 0 Å². The number of hydrogen-bond donors (Lipinski definition) is 1. The molecule has 8 rings (SSSR count). The Morgan fingerprint density at radius 1 is 0.738 bits per heavy atom. The average molecular weight is 566 g/mol. The summed E-state index contributed by atoms with van der Waals surface area (Å²) in [5, 5.41) is 5.37. The minimum atomic E-state index is -0.0126. The third-order valence-corrected chi connectivity index (χ3v) is 8.79. The zero-order valence-corrected chi connectivity index (χ0v) is 25.7. The van der Waals surface area contributed by atoms with Crippen molar-refractivity contribution in [2.75, 3.05) is 6.54 Å². The minimum absolute atomic E-state index is 0.0126. The second-order valence-corrected chi connectivity index (χ2v) is 12.9. The van der Waals surface area contributed by atoms with Crippen LogP contribution in [0.3, 0.4) is 0 Å². The van der Waals surface area contributed by atoms with Gasteiger partial charge < -0.3 is 4.90 Å². The third kappa shape index (κ3) is 5.69. The van der Waals surface area contributed by atoms with Gasteiger partial charge in [0.1, 0.15) is 0 Å². The number of fused-ring (bicyclic) bond motifs is 4. The van der Waals surface area contributed by atoms with E-state index in [9.17, 15) is 0 Å². The molecule has 3 heterocycles. The lowest BCUT2D eigenvalue weighted by molar-refractivity contribution is 0.555.